The van der Waals surface area contributed by atoms with Crippen LogP contribution in [-0.2, 0) is 18.2 Å². The van der Waals surface area contributed by atoms with Gasteiger partial charge in [-0.25, -0.2) is 9.78 Å². The second kappa shape index (κ2) is 4.55. The quantitative estimate of drug-likeness (QED) is 0.770. The third kappa shape index (κ3) is 2.03. The summed E-state index contributed by atoms with van der Waals surface area (Å²) in [6.45, 7) is 3.32. The van der Waals surface area contributed by atoms with E-state index in [1.54, 1.807) is 6.33 Å². The Kier molecular flexibility index (Phi) is 3.12. The first-order valence-corrected chi connectivity index (χ1v) is 5.61. The van der Waals surface area contributed by atoms with Gasteiger partial charge in [-0.1, -0.05) is 6.92 Å². The molecule has 16 heavy (non-hydrogen) atoms. The van der Waals surface area contributed by atoms with Gasteiger partial charge in [0.05, 0.1) is 12.4 Å². The topological polar surface area (TPSA) is 47.4 Å². The van der Waals surface area contributed by atoms with Crippen LogP contribution >= 0.6 is 0 Å². The van der Waals surface area contributed by atoms with E-state index in [0.717, 1.165) is 25.1 Å². The average Bonchev–Trinajstić information content (AvgIpc) is 2.80. The zero-order valence-electron chi connectivity index (χ0n) is 9.72. The largest absolute Gasteiger partial charge is 0.447 e. The summed E-state index contributed by atoms with van der Waals surface area (Å²) in [6.07, 6.45) is 5.19. The fraction of sp³-hybridized carbons (Fsp3) is 0.636. The van der Waals surface area contributed by atoms with Crippen molar-refractivity contribution in [1.82, 2.24) is 14.5 Å². The number of imidazole rings is 1. The highest BCUT2D eigenvalue weighted by Crippen LogP contribution is 2.16. The van der Waals surface area contributed by atoms with Crippen molar-refractivity contribution in [3.05, 3.63) is 18.2 Å². The minimum atomic E-state index is -0.186. The molecular weight excluding hydrogens is 206 g/mol. The van der Waals surface area contributed by atoms with Crippen LogP contribution in [0.3, 0.4) is 0 Å². The smallest absolute Gasteiger partial charge is 0.410 e. The Morgan fingerprint density at radius 2 is 2.44 bits per heavy atom. The number of ether oxygens (including phenoxy) is 1. The Hall–Kier alpha value is -1.52. The highest BCUT2D eigenvalue weighted by molar-refractivity contribution is 5.70. The van der Waals surface area contributed by atoms with Crippen LogP contribution in [0.5, 0.6) is 0 Å². The number of carbonyl (C=O) groups is 1. The van der Waals surface area contributed by atoms with E-state index in [4.69, 9.17) is 4.74 Å². The molecule has 1 atom stereocenters. The number of cyclic esters (lactones) is 1. The first-order valence-electron chi connectivity index (χ1n) is 5.61. The molecule has 0 radical (unpaired) electrons. The molecule has 2 heterocycles. The monoisotopic (exact) mass is 223 g/mol. The molecule has 0 bridgehead atoms. The van der Waals surface area contributed by atoms with E-state index in [-0.39, 0.29) is 12.1 Å². The molecule has 5 heteroatoms. The van der Waals surface area contributed by atoms with Gasteiger partial charge in [0.2, 0.25) is 0 Å². The molecule has 1 amide bonds. The van der Waals surface area contributed by atoms with E-state index in [1.165, 1.54) is 0 Å². The van der Waals surface area contributed by atoms with Crippen LogP contribution in [0, 0.1) is 0 Å². The molecule has 1 aromatic rings. The Morgan fingerprint density at radius 1 is 1.62 bits per heavy atom. The fourth-order valence-electron chi connectivity index (χ4n) is 2.00. The minimum Gasteiger partial charge on any atom is -0.447 e. The van der Waals surface area contributed by atoms with Crippen molar-refractivity contribution >= 4 is 6.09 Å². The molecule has 0 aliphatic carbocycles. The molecule has 1 aromatic heterocycles. The van der Waals surface area contributed by atoms with Gasteiger partial charge in [0.1, 0.15) is 6.61 Å². The highest BCUT2D eigenvalue weighted by atomic mass is 16.6. The normalized spacial score (nSPS) is 20.2. The van der Waals surface area contributed by atoms with E-state index in [2.05, 4.69) is 11.9 Å². The average molecular weight is 223 g/mol. The summed E-state index contributed by atoms with van der Waals surface area (Å²) >= 11 is 0. The molecule has 0 unspecified atom stereocenters. The maximum atomic E-state index is 11.5. The number of hydrogen-bond donors (Lipinski definition) is 0. The number of hydrogen-bond acceptors (Lipinski definition) is 3. The molecule has 0 aromatic carbocycles. The van der Waals surface area contributed by atoms with Crippen molar-refractivity contribution in [2.75, 3.05) is 13.2 Å². The van der Waals surface area contributed by atoms with Crippen LogP contribution in [0.15, 0.2) is 12.5 Å². The first-order chi connectivity index (χ1) is 7.72. The van der Waals surface area contributed by atoms with Crippen molar-refractivity contribution in [3.8, 4) is 0 Å². The summed E-state index contributed by atoms with van der Waals surface area (Å²) in [6, 6.07) is 0.155. The van der Waals surface area contributed by atoms with Crippen LogP contribution < -0.4 is 0 Å². The van der Waals surface area contributed by atoms with Crippen LogP contribution in [0.1, 0.15) is 19.0 Å². The van der Waals surface area contributed by atoms with Crippen molar-refractivity contribution in [2.24, 2.45) is 7.05 Å². The van der Waals surface area contributed by atoms with E-state index < -0.39 is 0 Å². The summed E-state index contributed by atoms with van der Waals surface area (Å²) in [7, 11) is 1.96. The first kappa shape index (κ1) is 11.0. The number of aromatic nitrogens is 2. The third-order valence-corrected chi connectivity index (χ3v) is 2.90. The predicted molar refractivity (Wildman–Crippen MR) is 59.0 cm³/mol. The molecule has 0 saturated carbocycles. The maximum absolute atomic E-state index is 11.5. The lowest BCUT2D eigenvalue weighted by molar-refractivity contribution is 0.157. The lowest BCUT2D eigenvalue weighted by atomic mass is 10.1. The Balaban J connectivity index is 2.04. The Bertz CT molecular complexity index is 375. The van der Waals surface area contributed by atoms with Crippen LogP contribution in [0.25, 0.3) is 0 Å². The molecule has 1 aliphatic rings. The Labute approximate surface area is 95.0 Å². The number of aryl methyl sites for hydroxylation is 1. The lowest BCUT2D eigenvalue weighted by Gasteiger charge is -2.20. The number of rotatable bonds is 4. The van der Waals surface area contributed by atoms with E-state index in [0.29, 0.717) is 6.61 Å². The zero-order valence-corrected chi connectivity index (χ0v) is 9.72. The zero-order chi connectivity index (χ0) is 11.5. The molecule has 1 saturated heterocycles. The van der Waals surface area contributed by atoms with Crippen molar-refractivity contribution in [3.63, 3.8) is 0 Å². The SMILES string of the molecule is CCCN1C(=O)OC[C@@H]1Cc1cncn1C. The standard InChI is InChI=1S/C11H17N3O2/c1-3-4-14-10(7-16-11(14)15)5-9-6-12-8-13(9)2/h6,8,10H,3-5,7H2,1-2H3/t10-/m0/s1. The summed E-state index contributed by atoms with van der Waals surface area (Å²) in [4.78, 5) is 17.4. The summed E-state index contributed by atoms with van der Waals surface area (Å²) in [5.41, 5.74) is 1.13. The highest BCUT2D eigenvalue weighted by Gasteiger charge is 2.32. The summed E-state index contributed by atoms with van der Waals surface area (Å²) in [5.74, 6) is 0. The van der Waals surface area contributed by atoms with Crippen LogP contribution in [0.2, 0.25) is 0 Å². The number of carbonyl (C=O) groups excluding carboxylic acids is 1. The second-order valence-electron chi connectivity index (χ2n) is 4.12. The van der Waals surface area contributed by atoms with Crippen LogP contribution in [-0.4, -0.2) is 39.7 Å². The number of nitrogens with zero attached hydrogens (tertiary/aromatic N) is 3. The third-order valence-electron chi connectivity index (χ3n) is 2.90. The van der Waals surface area contributed by atoms with E-state index >= 15 is 0 Å². The molecule has 2 rings (SSSR count). The summed E-state index contributed by atoms with van der Waals surface area (Å²) < 4.78 is 7.06. The van der Waals surface area contributed by atoms with Gasteiger partial charge in [-0.3, -0.25) is 0 Å². The van der Waals surface area contributed by atoms with Gasteiger partial charge in [0.25, 0.3) is 0 Å². The fourth-order valence-corrected chi connectivity index (χ4v) is 2.00. The van der Waals surface area contributed by atoms with Crippen molar-refractivity contribution in [1.29, 1.82) is 0 Å². The van der Waals surface area contributed by atoms with E-state index in [1.807, 2.05) is 22.7 Å². The number of amides is 1. The molecule has 0 spiro atoms. The molecular formula is C11H17N3O2. The molecule has 5 nitrogen and oxygen atoms in total. The van der Waals surface area contributed by atoms with Crippen LogP contribution in [0.4, 0.5) is 4.79 Å². The van der Waals surface area contributed by atoms with Gasteiger partial charge in [-0.05, 0) is 6.42 Å². The molecule has 88 valence electrons. The van der Waals surface area contributed by atoms with Gasteiger partial charge in [-0.2, -0.15) is 0 Å². The maximum Gasteiger partial charge on any atom is 0.410 e. The minimum absolute atomic E-state index is 0.155. The van der Waals surface area contributed by atoms with Gasteiger partial charge in [0, 0.05) is 31.9 Å². The Morgan fingerprint density at radius 3 is 3.06 bits per heavy atom. The predicted octanol–water partition coefficient (Wildman–Crippen LogP) is 1.19. The molecule has 0 N–H and O–H groups in total. The molecule has 1 fully saturated rings. The van der Waals surface area contributed by atoms with E-state index in [9.17, 15) is 4.79 Å². The lowest BCUT2D eigenvalue weighted by Crippen LogP contribution is -2.35. The van der Waals surface area contributed by atoms with Gasteiger partial charge >= 0.3 is 6.09 Å². The second-order valence-corrected chi connectivity index (χ2v) is 4.12. The molecule has 1 aliphatic heterocycles. The van der Waals surface area contributed by atoms with Gasteiger partial charge in [0.15, 0.2) is 0 Å². The van der Waals surface area contributed by atoms with Crippen molar-refractivity contribution in [2.45, 2.75) is 25.8 Å². The van der Waals surface area contributed by atoms with Crippen molar-refractivity contribution < 1.29 is 9.53 Å². The van der Waals surface area contributed by atoms with Gasteiger partial charge in [-0.15, -0.1) is 0 Å². The van der Waals surface area contributed by atoms with Gasteiger partial charge < -0.3 is 14.2 Å². The summed E-state index contributed by atoms with van der Waals surface area (Å²) in [5, 5.41) is 0.